The molecule has 29 heavy (non-hydrogen) atoms. The average Bonchev–Trinajstić information content (AvgIpc) is 3.25. The first-order valence-electron chi connectivity index (χ1n) is 9.19. The van der Waals surface area contributed by atoms with Crippen molar-refractivity contribution < 1.29 is 13.9 Å². The van der Waals surface area contributed by atoms with Crippen molar-refractivity contribution in [2.75, 3.05) is 0 Å². The van der Waals surface area contributed by atoms with Gasteiger partial charge >= 0.3 is 0 Å². The van der Waals surface area contributed by atoms with Crippen LogP contribution in [-0.4, -0.2) is 10.9 Å². The molecule has 1 N–H and O–H groups in total. The fourth-order valence-corrected chi connectivity index (χ4v) is 3.33. The van der Waals surface area contributed by atoms with Gasteiger partial charge in [0.15, 0.2) is 0 Å². The predicted octanol–water partition coefficient (Wildman–Crippen LogP) is 5.13. The SMILES string of the molecule is O=C(NCc1cccc(COCc2ccco2)c1)c1cc(Cl)cc2cccnc12. The fraction of sp³-hybridized carbons (Fsp3) is 0.130. The zero-order chi connectivity index (χ0) is 20.1. The van der Waals surface area contributed by atoms with Gasteiger partial charge in [0.05, 0.1) is 24.0 Å². The molecular weight excluding hydrogens is 388 g/mol. The van der Waals surface area contributed by atoms with Crippen molar-refractivity contribution in [3.63, 3.8) is 0 Å². The molecule has 0 saturated heterocycles. The summed E-state index contributed by atoms with van der Waals surface area (Å²) in [5.41, 5.74) is 3.11. The van der Waals surface area contributed by atoms with Crippen molar-refractivity contribution in [3.05, 3.63) is 101 Å². The summed E-state index contributed by atoms with van der Waals surface area (Å²) in [7, 11) is 0. The molecule has 0 spiro atoms. The van der Waals surface area contributed by atoms with E-state index in [1.165, 1.54) is 0 Å². The second-order valence-electron chi connectivity index (χ2n) is 6.60. The third kappa shape index (κ3) is 4.83. The maximum absolute atomic E-state index is 12.7. The Morgan fingerprint density at radius 1 is 1.03 bits per heavy atom. The summed E-state index contributed by atoms with van der Waals surface area (Å²) >= 11 is 6.16. The lowest BCUT2D eigenvalue weighted by molar-refractivity contribution is 0.0928. The molecule has 2 aromatic heterocycles. The number of carbonyl (C=O) groups excluding carboxylic acids is 1. The number of carbonyl (C=O) groups is 1. The first kappa shape index (κ1) is 19.2. The zero-order valence-electron chi connectivity index (χ0n) is 15.6. The Morgan fingerprint density at radius 3 is 2.79 bits per heavy atom. The molecule has 0 atom stereocenters. The summed E-state index contributed by atoms with van der Waals surface area (Å²) < 4.78 is 10.9. The molecule has 2 aromatic carbocycles. The van der Waals surface area contributed by atoms with Gasteiger partial charge in [0.1, 0.15) is 12.4 Å². The van der Waals surface area contributed by atoms with Crippen LogP contribution in [-0.2, 0) is 24.5 Å². The molecule has 0 unspecified atom stereocenters. The quantitative estimate of drug-likeness (QED) is 0.462. The van der Waals surface area contributed by atoms with E-state index in [0.29, 0.717) is 35.9 Å². The standard InChI is InChI=1S/C23H19ClN2O3/c24-19-11-18-6-2-8-25-22(18)21(12-19)23(27)26-13-16-4-1-5-17(10-16)14-28-15-20-7-3-9-29-20/h1-12H,13-15H2,(H,26,27). The van der Waals surface area contributed by atoms with Crippen LogP contribution in [0.3, 0.4) is 0 Å². The molecule has 1 amide bonds. The van der Waals surface area contributed by atoms with Gasteiger partial charge in [-0.05, 0) is 41.5 Å². The molecule has 0 aliphatic rings. The van der Waals surface area contributed by atoms with Gasteiger partial charge in [-0.25, -0.2) is 0 Å². The zero-order valence-corrected chi connectivity index (χ0v) is 16.4. The Labute approximate surface area is 173 Å². The van der Waals surface area contributed by atoms with Crippen LogP contribution < -0.4 is 5.32 Å². The molecule has 0 radical (unpaired) electrons. The number of furan rings is 1. The highest BCUT2D eigenvalue weighted by molar-refractivity contribution is 6.32. The van der Waals surface area contributed by atoms with Crippen LogP contribution in [0.2, 0.25) is 5.02 Å². The van der Waals surface area contributed by atoms with Gasteiger partial charge in [-0.3, -0.25) is 9.78 Å². The van der Waals surface area contributed by atoms with E-state index in [4.69, 9.17) is 20.8 Å². The Morgan fingerprint density at radius 2 is 1.93 bits per heavy atom. The van der Waals surface area contributed by atoms with Gasteiger partial charge in [-0.2, -0.15) is 0 Å². The highest BCUT2D eigenvalue weighted by Crippen LogP contribution is 2.22. The van der Waals surface area contributed by atoms with Crippen LogP contribution in [0, 0.1) is 0 Å². The Bertz CT molecular complexity index is 1130. The molecule has 2 heterocycles. The Hall–Kier alpha value is -3.15. The summed E-state index contributed by atoms with van der Waals surface area (Å²) in [6.45, 7) is 1.28. The number of benzene rings is 2. The molecule has 146 valence electrons. The monoisotopic (exact) mass is 406 g/mol. The number of amides is 1. The molecule has 5 nitrogen and oxygen atoms in total. The number of pyridine rings is 1. The predicted molar refractivity (Wildman–Crippen MR) is 112 cm³/mol. The van der Waals surface area contributed by atoms with E-state index < -0.39 is 0 Å². The summed E-state index contributed by atoms with van der Waals surface area (Å²) in [6.07, 6.45) is 3.29. The van der Waals surface area contributed by atoms with Gasteiger partial charge in [-0.15, -0.1) is 0 Å². The first-order chi connectivity index (χ1) is 14.2. The van der Waals surface area contributed by atoms with Crippen LogP contribution in [0.5, 0.6) is 0 Å². The lowest BCUT2D eigenvalue weighted by atomic mass is 10.1. The van der Waals surface area contributed by atoms with Gasteiger partial charge in [0.25, 0.3) is 5.91 Å². The maximum atomic E-state index is 12.7. The minimum absolute atomic E-state index is 0.212. The minimum atomic E-state index is -0.212. The summed E-state index contributed by atoms with van der Waals surface area (Å²) in [6, 6.07) is 18.8. The lowest BCUT2D eigenvalue weighted by Gasteiger charge is -2.10. The van der Waals surface area contributed by atoms with Gasteiger partial charge in [-0.1, -0.05) is 41.9 Å². The fourth-order valence-electron chi connectivity index (χ4n) is 3.10. The minimum Gasteiger partial charge on any atom is -0.467 e. The van der Waals surface area contributed by atoms with Gasteiger partial charge < -0.3 is 14.5 Å². The maximum Gasteiger partial charge on any atom is 0.253 e. The van der Waals surface area contributed by atoms with Crippen LogP contribution >= 0.6 is 11.6 Å². The van der Waals surface area contributed by atoms with Gasteiger partial charge in [0.2, 0.25) is 0 Å². The summed E-state index contributed by atoms with van der Waals surface area (Å²) in [5.74, 6) is 0.575. The van der Waals surface area contributed by atoms with Crippen molar-refractivity contribution in [1.82, 2.24) is 10.3 Å². The van der Waals surface area contributed by atoms with E-state index in [-0.39, 0.29) is 5.91 Å². The molecule has 0 saturated carbocycles. The highest BCUT2D eigenvalue weighted by Gasteiger charge is 2.12. The largest absolute Gasteiger partial charge is 0.467 e. The Kier molecular flexibility index (Phi) is 5.89. The van der Waals surface area contributed by atoms with E-state index >= 15 is 0 Å². The number of hydrogen-bond donors (Lipinski definition) is 1. The molecule has 4 rings (SSSR count). The van der Waals surface area contributed by atoms with E-state index in [9.17, 15) is 4.79 Å². The van der Waals surface area contributed by atoms with E-state index in [1.807, 2.05) is 48.5 Å². The van der Waals surface area contributed by atoms with Crippen molar-refractivity contribution in [1.29, 1.82) is 0 Å². The number of ether oxygens (including phenoxy) is 1. The Balaban J connectivity index is 1.39. The molecule has 0 aliphatic heterocycles. The van der Waals surface area contributed by atoms with E-state index in [1.54, 1.807) is 24.6 Å². The van der Waals surface area contributed by atoms with E-state index in [2.05, 4.69) is 10.3 Å². The third-order valence-corrected chi connectivity index (χ3v) is 4.67. The van der Waals surface area contributed by atoms with Crippen LogP contribution in [0.1, 0.15) is 27.2 Å². The molecule has 4 aromatic rings. The summed E-state index contributed by atoms with van der Waals surface area (Å²) in [5, 5.41) is 4.29. The number of nitrogens with one attached hydrogen (secondary N) is 1. The van der Waals surface area contributed by atoms with Crippen LogP contribution in [0.25, 0.3) is 10.9 Å². The van der Waals surface area contributed by atoms with Crippen molar-refractivity contribution >= 4 is 28.4 Å². The lowest BCUT2D eigenvalue weighted by Crippen LogP contribution is -2.23. The summed E-state index contributed by atoms with van der Waals surface area (Å²) in [4.78, 5) is 17.1. The molecule has 0 aliphatic carbocycles. The number of nitrogens with zero attached hydrogens (tertiary/aromatic N) is 1. The highest BCUT2D eigenvalue weighted by atomic mass is 35.5. The molecule has 0 fully saturated rings. The second kappa shape index (κ2) is 8.90. The normalized spacial score (nSPS) is 10.9. The molecule has 0 bridgehead atoms. The average molecular weight is 407 g/mol. The van der Waals surface area contributed by atoms with E-state index in [0.717, 1.165) is 22.3 Å². The van der Waals surface area contributed by atoms with Crippen molar-refractivity contribution in [2.24, 2.45) is 0 Å². The van der Waals surface area contributed by atoms with Crippen LogP contribution in [0.4, 0.5) is 0 Å². The molecular formula is C23H19ClN2O3. The number of hydrogen-bond acceptors (Lipinski definition) is 4. The number of fused-ring (bicyclic) bond motifs is 1. The van der Waals surface area contributed by atoms with Crippen molar-refractivity contribution in [2.45, 2.75) is 19.8 Å². The number of aromatic nitrogens is 1. The number of rotatable bonds is 7. The topological polar surface area (TPSA) is 64.4 Å². The van der Waals surface area contributed by atoms with Gasteiger partial charge in [0, 0.05) is 23.2 Å². The van der Waals surface area contributed by atoms with Crippen LogP contribution in [0.15, 0.2) is 77.5 Å². The first-order valence-corrected chi connectivity index (χ1v) is 9.57. The smallest absolute Gasteiger partial charge is 0.253 e. The molecule has 6 heteroatoms. The third-order valence-electron chi connectivity index (χ3n) is 4.45. The van der Waals surface area contributed by atoms with Crippen molar-refractivity contribution in [3.8, 4) is 0 Å². The second-order valence-corrected chi connectivity index (χ2v) is 7.04. The number of halogens is 1.